The highest BCUT2D eigenvalue weighted by atomic mass is 32.1. The molecule has 1 aromatic carbocycles. The highest BCUT2D eigenvalue weighted by molar-refractivity contribution is 7.18. The smallest absolute Gasteiger partial charge is 0.113 e. The minimum atomic E-state index is 0.775. The number of nitrogens with one attached hydrogen (secondary N) is 1. The minimum absolute atomic E-state index is 0.775. The second-order valence-corrected chi connectivity index (χ2v) is 6.58. The van der Waals surface area contributed by atoms with Crippen molar-refractivity contribution in [3.63, 3.8) is 0 Å². The predicted molar refractivity (Wildman–Crippen MR) is 87.8 cm³/mol. The number of fused-ring (bicyclic) bond motifs is 2. The van der Waals surface area contributed by atoms with E-state index in [2.05, 4.69) is 33.5 Å². The molecular weight excluding hydrogens is 278 g/mol. The van der Waals surface area contributed by atoms with Gasteiger partial charge in [0.15, 0.2) is 0 Å². The quantitative estimate of drug-likeness (QED) is 0.787. The summed E-state index contributed by atoms with van der Waals surface area (Å²) in [7, 11) is 0. The molecule has 4 rings (SSSR count). The molecule has 1 aliphatic rings. The number of benzene rings is 1. The molecule has 4 heteroatoms. The fraction of sp³-hybridized carbons (Fsp3) is 0.294. The van der Waals surface area contributed by atoms with Gasteiger partial charge in [0, 0.05) is 6.20 Å². The Balaban J connectivity index is 1.56. The molecule has 0 amide bonds. The summed E-state index contributed by atoms with van der Waals surface area (Å²) in [6, 6.07) is 8.30. The van der Waals surface area contributed by atoms with Gasteiger partial charge >= 0.3 is 0 Å². The first-order valence-corrected chi connectivity index (χ1v) is 8.26. The highest BCUT2D eigenvalue weighted by Gasteiger charge is 2.13. The molecule has 21 heavy (non-hydrogen) atoms. The monoisotopic (exact) mass is 295 g/mol. The maximum absolute atomic E-state index is 4.68. The van der Waals surface area contributed by atoms with Crippen molar-refractivity contribution < 1.29 is 0 Å². The fourth-order valence-corrected chi connectivity index (χ4v) is 3.88. The van der Waals surface area contributed by atoms with Crippen molar-refractivity contribution in [2.24, 2.45) is 0 Å². The second-order valence-electron chi connectivity index (χ2n) is 5.46. The summed E-state index contributed by atoms with van der Waals surface area (Å²) < 4.78 is 1.25. The van der Waals surface area contributed by atoms with Gasteiger partial charge in [-0.15, -0.1) is 11.3 Å². The number of thiazole rings is 1. The van der Waals surface area contributed by atoms with Crippen molar-refractivity contribution in [1.29, 1.82) is 0 Å². The number of aromatic nitrogens is 2. The fourth-order valence-electron chi connectivity index (χ4n) is 2.98. The Morgan fingerprint density at radius 3 is 2.95 bits per heavy atom. The van der Waals surface area contributed by atoms with E-state index in [1.54, 1.807) is 11.3 Å². The number of para-hydroxylation sites is 1. The lowest BCUT2D eigenvalue weighted by Gasteiger charge is -2.19. The molecule has 0 spiro atoms. The summed E-state index contributed by atoms with van der Waals surface area (Å²) in [5.41, 5.74) is 5.15. The molecule has 0 unspecified atom stereocenters. The van der Waals surface area contributed by atoms with Crippen molar-refractivity contribution in [1.82, 2.24) is 9.97 Å². The average Bonchev–Trinajstić information content (AvgIpc) is 2.96. The lowest BCUT2D eigenvalue weighted by Crippen LogP contribution is -2.09. The van der Waals surface area contributed by atoms with Gasteiger partial charge in [0.05, 0.1) is 28.6 Å². The zero-order chi connectivity index (χ0) is 14.1. The molecule has 0 atom stereocenters. The summed E-state index contributed by atoms with van der Waals surface area (Å²) in [6.07, 6.45) is 8.89. The maximum atomic E-state index is 4.68. The summed E-state index contributed by atoms with van der Waals surface area (Å²) in [4.78, 5) is 9.05. The van der Waals surface area contributed by atoms with Crippen LogP contribution in [0.15, 0.2) is 36.7 Å². The van der Waals surface area contributed by atoms with Gasteiger partial charge in [-0.05, 0) is 48.9 Å². The van der Waals surface area contributed by atoms with Crippen molar-refractivity contribution in [2.45, 2.75) is 32.2 Å². The minimum Gasteiger partial charge on any atom is -0.377 e. The number of hydrogen-bond donors (Lipinski definition) is 1. The van der Waals surface area contributed by atoms with Crippen molar-refractivity contribution in [3.05, 3.63) is 52.8 Å². The van der Waals surface area contributed by atoms with Crippen LogP contribution in [0, 0.1) is 0 Å². The molecule has 3 aromatic rings. The first-order valence-electron chi connectivity index (χ1n) is 7.44. The van der Waals surface area contributed by atoms with Crippen LogP contribution in [-0.2, 0) is 19.4 Å². The van der Waals surface area contributed by atoms with Crippen molar-refractivity contribution in [3.8, 4) is 0 Å². The van der Waals surface area contributed by atoms with Crippen LogP contribution < -0.4 is 5.32 Å². The highest BCUT2D eigenvalue weighted by Crippen LogP contribution is 2.28. The zero-order valence-electron chi connectivity index (χ0n) is 11.8. The molecule has 0 fully saturated rings. The van der Waals surface area contributed by atoms with Crippen LogP contribution in [0.4, 0.5) is 5.69 Å². The van der Waals surface area contributed by atoms with Gasteiger partial charge in [-0.25, -0.2) is 4.98 Å². The van der Waals surface area contributed by atoms with E-state index in [0.717, 1.165) is 17.1 Å². The van der Waals surface area contributed by atoms with Crippen LogP contribution in [0.25, 0.3) is 10.2 Å². The third-order valence-corrected chi connectivity index (χ3v) is 5.07. The molecule has 0 saturated carbocycles. The van der Waals surface area contributed by atoms with E-state index < -0.39 is 0 Å². The average molecular weight is 295 g/mol. The second kappa shape index (κ2) is 5.45. The zero-order valence-corrected chi connectivity index (χ0v) is 12.6. The third-order valence-electron chi connectivity index (χ3n) is 4.04. The van der Waals surface area contributed by atoms with Crippen LogP contribution in [0.2, 0.25) is 0 Å². The molecule has 0 bridgehead atoms. The van der Waals surface area contributed by atoms with E-state index in [1.807, 2.05) is 18.5 Å². The van der Waals surface area contributed by atoms with Crippen LogP contribution in [0.1, 0.15) is 29.0 Å². The normalized spacial score (nSPS) is 14.1. The number of anilines is 1. The van der Waals surface area contributed by atoms with Gasteiger partial charge in [-0.3, -0.25) is 4.98 Å². The molecule has 0 saturated heterocycles. The molecule has 106 valence electrons. The third kappa shape index (κ3) is 2.51. The molecule has 2 heterocycles. The summed E-state index contributed by atoms with van der Waals surface area (Å²) in [6.45, 7) is 0.775. The van der Waals surface area contributed by atoms with Gasteiger partial charge < -0.3 is 5.32 Å². The predicted octanol–water partition coefficient (Wildman–Crippen LogP) is 4.18. The maximum Gasteiger partial charge on any atom is 0.113 e. The molecule has 0 aliphatic heterocycles. The summed E-state index contributed by atoms with van der Waals surface area (Å²) in [5.74, 6) is 0. The van der Waals surface area contributed by atoms with Crippen molar-refractivity contribution in [2.75, 3.05) is 5.32 Å². The van der Waals surface area contributed by atoms with Crippen molar-refractivity contribution >= 4 is 27.2 Å². The van der Waals surface area contributed by atoms with Gasteiger partial charge in [0.2, 0.25) is 0 Å². The van der Waals surface area contributed by atoms with Gasteiger partial charge in [-0.1, -0.05) is 12.1 Å². The first kappa shape index (κ1) is 12.8. The van der Waals surface area contributed by atoms with Crippen LogP contribution in [0.5, 0.6) is 0 Å². The Morgan fingerprint density at radius 2 is 2.00 bits per heavy atom. The Labute approximate surface area is 128 Å². The lowest BCUT2D eigenvalue weighted by atomic mass is 9.92. The number of pyridine rings is 1. The van der Waals surface area contributed by atoms with E-state index in [-0.39, 0.29) is 0 Å². The molecule has 1 aliphatic carbocycles. The van der Waals surface area contributed by atoms with Crippen LogP contribution in [0.3, 0.4) is 0 Å². The van der Waals surface area contributed by atoms with Crippen LogP contribution >= 0.6 is 11.3 Å². The standard InChI is InChI=1S/C17H17N3S/c1-2-6-13-12(5-1)9-18-10-15(13)19-11-17-20-14-7-3-4-8-16(14)21-17/h3-4,7-10,19H,1-2,5-6,11H2. The molecule has 0 radical (unpaired) electrons. The summed E-state index contributed by atoms with van der Waals surface area (Å²) >= 11 is 1.76. The van der Waals surface area contributed by atoms with Gasteiger partial charge in [-0.2, -0.15) is 0 Å². The Morgan fingerprint density at radius 1 is 1.10 bits per heavy atom. The SMILES string of the molecule is c1ccc2sc(CNc3cncc4c3CCCC4)nc2c1. The summed E-state index contributed by atoms with van der Waals surface area (Å²) in [5, 5.41) is 4.66. The number of hydrogen-bond acceptors (Lipinski definition) is 4. The van der Waals surface area contributed by atoms with Gasteiger partial charge in [0.1, 0.15) is 5.01 Å². The largest absolute Gasteiger partial charge is 0.377 e. The Bertz CT molecular complexity index is 746. The Hall–Kier alpha value is -1.94. The van der Waals surface area contributed by atoms with E-state index in [1.165, 1.54) is 47.2 Å². The van der Waals surface area contributed by atoms with E-state index >= 15 is 0 Å². The molecule has 1 N–H and O–H groups in total. The number of nitrogens with zero attached hydrogens (tertiary/aromatic N) is 2. The van der Waals surface area contributed by atoms with Gasteiger partial charge in [0.25, 0.3) is 0 Å². The van der Waals surface area contributed by atoms with E-state index in [4.69, 9.17) is 0 Å². The van der Waals surface area contributed by atoms with E-state index in [0.29, 0.717) is 0 Å². The molecular formula is C17H17N3S. The number of aryl methyl sites for hydroxylation is 1. The van der Waals surface area contributed by atoms with Crippen LogP contribution in [-0.4, -0.2) is 9.97 Å². The first-order chi connectivity index (χ1) is 10.4. The topological polar surface area (TPSA) is 37.8 Å². The molecule has 3 nitrogen and oxygen atoms in total. The lowest BCUT2D eigenvalue weighted by molar-refractivity contribution is 0.683. The molecule has 2 aromatic heterocycles. The Kier molecular flexibility index (Phi) is 3.31. The number of rotatable bonds is 3. The van der Waals surface area contributed by atoms with E-state index in [9.17, 15) is 0 Å².